The summed E-state index contributed by atoms with van der Waals surface area (Å²) in [7, 11) is 3.95. The molecule has 1 saturated heterocycles. The van der Waals surface area contributed by atoms with Crippen LogP contribution >= 0.6 is 0 Å². The van der Waals surface area contributed by atoms with Crippen molar-refractivity contribution in [3.05, 3.63) is 12.7 Å². The molecule has 1 N–H and O–H groups in total. The average Bonchev–Trinajstić information content (AvgIpc) is 2.60. The van der Waals surface area contributed by atoms with E-state index >= 15 is 0 Å². The highest BCUT2D eigenvalue weighted by Gasteiger charge is 2.39. The summed E-state index contributed by atoms with van der Waals surface area (Å²) in [5.74, 6) is -0.0924. The fourth-order valence-corrected chi connectivity index (χ4v) is 2.32. The van der Waals surface area contributed by atoms with Gasteiger partial charge >= 0.3 is 0 Å². The Balaban J connectivity index is 2.84. The molecule has 1 fully saturated rings. The van der Waals surface area contributed by atoms with Crippen molar-refractivity contribution >= 4 is 5.91 Å². The Hall–Kier alpha value is -0.870. The van der Waals surface area contributed by atoms with Crippen molar-refractivity contribution in [3.8, 4) is 0 Å². The van der Waals surface area contributed by atoms with E-state index in [2.05, 4.69) is 11.5 Å². The summed E-state index contributed by atoms with van der Waals surface area (Å²) in [5.41, 5.74) is 0. The van der Waals surface area contributed by atoms with Crippen molar-refractivity contribution in [1.82, 2.24) is 9.80 Å². The van der Waals surface area contributed by atoms with E-state index in [-0.39, 0.29) is 18.0 Å². The lowest BCUT2D eigenvalue weighted by Crippen LogP contribution is -2.49. The number of rotatable bonds is 3. The number of aliphatic hydroxyl groups is 1. The van der Waals surface area contributed by atoms with E-state index in [1.165, 1.54) is 6.08 Å². The maximum absolute atomic E-state index is 11.6. The van der Waals surface area contributed by atoms with Crippen molar-refractivity contribution in [1.29, 1.82) is 0 Å². The highest BCUT2D eigenvalue weighted by Crippen LogP contribution is 2.24. The zero-order chi connectivity index (χ0) is 11.6. The number of amides is 1. The van der Waals surface area contributed by atoms with Crippen LogP contribution in [0.1, 0.15) is 13.3 Å². The molecule has 0 aromatic heterocycles. The molecule has 1 rings (SSSR count). The maximum atomic E-state index is 11.6. The number of carbonyl (C=O) groups excluding carboxylic acids is 1. The molecule has 0 saturated carbocycles. The van der Waals surface area contributed by atoms with Crippen LogP contribution < -0.4 is 0 Å². The smallest absolute Gasteiger partial charge is 0.246 e. The molecule has 1 aliphatic rings. The molecule has 1 aliphatic heterocycles. The topological polar surface area (TPSA) is 43.8 Å². The van der Waals surface area contributed by atoms with Crippen LogP contribution in [0.5, 0.6) is 0 Å². The Labute approximate surface area is 91.2 Å². The minimum atomic E-state index is -0.510. The van der Waals surface area contributed by atoms with Gasteiger partial charge in [-0.05, 0) is 33.5 Å². The van der Waals surface area contributed by atoms with Crippen LogP contribution in [0, 0.1) is 0 Å². The molecule has 86 valence electrons. The Kier molecular flexibility index (Phi) is 3.88. The normalized spacial score (nSPS) is 28.2. The van der Waals surface area contributed by atoms with Crippen molar-refractivity contribution in [2.24, 2.45) is 0 Å². The fraction of sp³-hybridized carbons (Fsp3) is 0.727. The Morgan fingerprint density at radius 1 is 1.67 bits per heavy atom. The molecule has 3 unspecified atom stereocenters. The van der Waals surface area contributed by atoms with E-state index in [9.17, 15) is 9.90 Å². The zero-order valence-corrected chi connectivity index (χ0v) is 9.68. The number of likely N-dealkylation sites (tertiary alicyclic amines) is 1. The van der Waals surface area contributed by atoms with Gasteiger partial charge in [-0.1, -0.05) is 6.58 Å². The number of carbonyl (C=O) groups is 1. The van der Waals surface area contributed by atoms with Crippen LogP contribution in [0.15, 0.2) is 12.7 Å². The molecule has 4 heteroatoms. The zero-order valence-electron chi connectivity index (χ0n) is 9.68. The van der Waals surface area contributed by atoms with E-state index in [0.717, 1.165) is 6.42 Å². The molecule has 0 aromatic carbocycles. The van der Waals surface area contributed by atoms with Gasteiger partial charge in [0.2, 0.25) is 5.91 Å². The second-order valence-corrected chi connectivity index (χ2v) is 4.29. The highest BCUT2D eigenvalue weighted by molar-refractivity contribution is 5.87. The number of nitrogens with zero attached hydrogens (tertiary/aromatic N) is 2. The van der Waals surface area contributed by atoms with Gasteiger partial charge in [0.1, 0.15) is 0 Å². The van der Waals surface area contributed by atoms with Crippen LogP contribution in [-0.2, 0) is 4.79 Å². The summed E-state index contributed by atoms with van der Waals surface area (Å²) in [6.07, 6.45) is 1.71. The molecule has 3 atom stereocenters. The predicted molar refractivity (Wildman–Crippen MR) is 59.5 cm³/mol. The summed E-state index contributed by atoms with van der Waals surface area (Å²) in [6, 6.07) is 0.111. The Bertz CT molecular complexity index is 251. The minimum Gasteiger partial charge on any atom is -0.391 e. The predicted octanol–water partition coefficient (Wildman–Crippen LogP) is 0.0843. The van der Waals surface area contributed by atoms with E-state index in [4.69, 9.17) is 0 Å². The standard InChI is InChI=1S/C11H20N2O2/c1-5-10(15)13-7-6-9(12(3)4)11(13)8(2)14/h5,8-9,11,14H,1,6-7H2,2-4H3. The van der Waals surface area contributed by atoms with Gasteiger partial charge in [0.25, 0.3) is 0 Å². The third kappa shape index (κ3) is 2.38. The maximum Gasteiger partial charge on any atom is 0.246 e. The lowest BCUT2D eigenvalue weighted by Gasteiger charge is -2.32. The number of aliphatic hydroxyl groups excluding tert-OH is 1. The summed E-state index contributed by atoms with van der Waals surface area (Å²) in [5, 5.41) is 9.73. The van der Waals surface area contributed by atoms with Gasteiger partial charge < -0.3 is 14.9 Å². The molecule has 0 aliphatic carbocycles. The van der Waals surface area contributed by atoms with Crippen molar-refractivity contribution in [2.45, 2.75) is 31.5 Å². The van der Waals surface area contributed by atoms with Gasteiger partial charge in [0, 0.05) is 12.6 Å². The first-order chi connectivity index (χ1) is 6.99. The fourth-order valence-electron chi connectivity index (χ4n) is 2.32. The van der Waals surface area contributed by atoms with E-state index in [1.807, 2.05) is 14.1 Å². The summed E-state index contributed by atoms with van der Waals surface area (Å²) in [6.45, 7) is 5.91. The summed E-state index contributed by atoms with van der Waals surface area (Å²) < 4.78 is 0. The largest absolute Gasteiger partial charge is 0.391 e. The number of hydrogen-bond donors (Lipinski definition) is 1. The van der Waals surface area contributed by atoms with Gasteiger partial charge in [-0.15, -0.1) is 0 Å². The van der Waals surface area contributed by atoms with Gasteiger partial charge in [-0.25, -0.2) is 0 Å². The second kappa shape index (κ2) is 4.77. The van der Waals surface area contributed by atoms with Gasteiger partial charge in [0.05, 0.1) is 12.1 Å². The Morgan fingerprint density at radius 3 is 2.67 bits per heavy atom. The second-order valence-electron chi connectivity index (χ2n) is 4.29. The third-order valence-electron chi connectivity index (χ3n) is 3.04. The average molecular weight is 212 g/mol. The van der Waals surface area contributed by atoms with Crippen LogP contribution in [0.2, 0.25) is 0 Å². The first kappa shape index (κ1) is 12.2. The highest BCUT2D eigenvalue weighted by atomic mass is 16.3. The lowest BCUT2D eigenvalue weighted by molar-refractivity contribution is -0.129. The quantitative estimate of drug-likeness (QED) is 0.674. The summed E-state index contributed by atoms with van der Waals surface area (Å²) in [4.78, 5) is 15.3. The third-order valence-corrected chi connectivity index (χ3v) is 3.04. The Morgan fingerprint density at radius 2 is 2.27 bits per heavy atom. The monoisotopic (exact) mass is 212 g/mol. The molecule has 0 bridgehead atoms. The molecule has 1 amide bonds. The molecule has 1 heterocycles. The minimum absolute atomic E-state index is 0.0924. The molecular weight excluding hydrogens is 192 g/mol. The van der Waals surface area contributed by atoms with Crippen LogP contribution in [0.25, 0.3) is 0 Å². The van der Waals surface area contributed by atoms with Gasteiger partial charge in [0.15, 0.2) is 0 Å². The SMILES string of the molecule is C=CC(=O)N1CCC(N(C)C)C1C(C)O. The van der Waals surface area contributed by atoms with Crippen LogP contribution in [0.4, 0.5) is 0 Å². The molecule has 0 radical (unpaired) electrons. The van der Waals surface area contributed by atoms with E-state index < -0.39 is 6.10 Å². The van der Waals surface area contributed by atoms with Crippen molar-refractivity contribution < 1.29 is 9.90 Å². The molecule has 15 heavy (non-hydrogen) atoms. The van der Waals surface area contributed by atoms with Crippen LogP contribution in [-0.4, -0.2) is 59.6 Å². The number of likely N-dealkylation sites (N-methyl/N-ethyl adjacent to an activating group) is 1. The van der Waals surface area contributed by atoms with Crippen LogP contribution in [0.3, 0.4) is 0 Å². The van der Waals surface area contributed by atoms with Crippen molar-refractivity contribution in [3.63, 3.8) is 0 Å². The molecule has 0 spiro atoms. The van der Waals surface area contributed by atoms with Crippen molar-refractivity contribution in [2.75, 3.05) is 20.6 Å². The van der Waals surface area contributed by atoms with Gasteiger partial charge in [-0.3, -0.25) is 4.79 Å². The van der Waals surface area contributed by atoms with Gasteiger partial charge in [-0.2, -0.15) is 0 Å². The number of hydrogen-bond acceptors (Lipinski definition) is 3. The first-order valence-corrected chi connectivity index (χ1v) is 5.26. The summed E-state index contributed by atoms with van der Waals surface area (Å²) >= 11 is 0. The first-order valence-electron chi connectivity index (χ1n) is 5.26. The molecular formula is C11H20N2O2. The van der Waals surface area contributed by atoms with E-state index in [0.29, 0.717) is 6.54 Å². The lowest BCUT2D eigenvalue weighted by atomic mass is 10.0. The van der Waals surface area contributed by atoms with E-state index in [1.54, 1.807) is 11.8 Å². The molecule has 0 aromatic rings. The molecule has 4 nitrogen and oxygen atoms in total.